The van der Waals surface area contributed by atoms with Gasteiger partial charge in [0, 0.05) is 34.6 Å². The average Bonchev–Trinajstić information content (AvgIpc) is 3.32. The number of carbonyl (C=O) groups is 1. The van der Waals surface area contributed by atoms with E-state index in [1.165, 1.54) is 0 Å². The number of amides is 1. The number of carbonyl (C=O) groups excluding carboxylic acids is 1. The molecule has 3 aromatic rings. The van der Waals surface area contributed by atoms with Crippen molar-refractivity contribution in [3.63, 3.8) is 0 Å². The van der Waals surface area contributed by atoms with Crippen LogP contribution in [-0.4, -0.2) is 46.7 Å². The zero-order chi connectivity index (χ0) is 25.3. The summed E-state index contributed by atoms with van der Waals surface area (Å²) in [7, 11) is 1.64. The summed E-state index contributed by atoms with van der Waals surface area (Å²) in [5.74, 6) is 2.70. The van der Waals surface area contributed by atoms with Crippen molar-refractivity contribution in [2.75, 3.05) is 20.2 Å². The van der Waals surface area contributed by atoms with Crippen molar-refractivity contribution >= 4 is 17.5 Å². The number of benzene rings is 2. The summed E-state index contributed by atoms with van der Waals surface area (Å²) in [5.41, 5.74) is 1.48. The number of likely N-dealkylation sites (tertiary alicyclic amines) is 1. The number of ether oxygens (including phenoxy) is 2. The summed E-state index contributed by atoms with van der Waals surface area (Å²) < 4.78 is 17.0. The van der Waals surface area contributed by atoms with E-state index in [0.29, 0.717) is 29.7 Å². The van der Waals surface area contributed by atoms with Gasteiger partial charge in [-0.25, -0.2) is 0 Å². The highest BCUT2D eigenvalue weighted by Crippen LogP contribution is 2.41. The van der Waals surface area contributed by atoms with Gasteiger partial charge in [0.25, 0.3) is 0 Å². The van der Waals surface area contributed by atoms with Gasteiger partial charge < -0.3 is 19.3 Å². The molecule has 36 heavy (non-hydrogen) atoms. The summed E-state index contributed by atoms with van der Waals surface area (Å²) in [6.07, 6.45) is 2.28. The van der Waals surface area contributed by atoms with Crippen LogP contribution in [0.2, 0.25) is 5.02 Å². The second kappa shape index (κ2) is 10.1. The molecule has 0 spiro atoms. The lowest BCUT2D eigenvalue weighted by molar-refractivity contribution is -0.127. The highest BCUT2D eigenvalue weighted by molar-refractivity contribution is 6.30. The van der Waals surface area contributed by atoms with Crippen molar-refractivity contribution in [1.29, 1.82) is 0 Å². The average molecular weight is 511 g/mol. The predicted molar refractivity (Wildman–Crippen MR) is 136 cm³/mol. The number of fused-ring (bicyclic) bond motifs is 1. The standard InChI is InChI=1S/C27H31ClN4O4/c1-27(2)15-22(21-9-8-20(34-3)14-23(21)35-27)29-26(33)18-10-12-32(13-11-18)16-24-30-25(31-36-24)17-4-6-19(28)7-5-17/h4-9,14,18,22H,10-13,15-16H2,1-3H3,(H,29,33). The maximum absolute atomic E-state index is 13.2. The molecule has 190 valence electrons. The minimum Gasteiger partial charge on any atom is -0.497 e. The van der Waals surface area contributed by atoms with Crippen molar-refractivity contribution in [3.8, 4) is 22.9 Å². The Labute approximate surface area is 215 Å². The second-order valence-electron chi connectivity index (χ2n) is 10.1. The van der Waals surface area contributed by atoms with E-state index in [4.69, 9.17) is 25.6 Å². The minimum absolute atomic E-state index is 0.0266. The normalized spacial score (nSPS) is 19.8. The molecule has 1 unspecified atom stereocenters. The zero-order valence-electron chi connectivity index (χ0n) is 20.8. The molecular weight excluding hydrogens is 480 g/mol. The van der Waals surface area contributed by atoms with Crippen LogP contribution in [0.5, 0.6) is 11.5 Å². The van der Waals surface area contributed by atoms with E-state index < -0.39 is 0 Å². The Kier molecular flexibility index (Phi) is 6.90. The van der Waals surface area contributed by atoms with E-state index in [-0.39, 0.29) is 23.5 Å². The van der Waals surface area contributed by atoms with Crippen molar-refractivity contribution in [3.05, 3.63) is 58.9 Å². The van der Waals surface area contributed by atoms with Crippen LogP contribution in [0.4, 0.5) is 0 Å². The molecule has 0 bridgehead atoms. The lowest BCUT2D eigenvalue weighted by atomic mass is 9.88. The van der Waals surface area contributed by atoms with E-state index in [1.807, 2.05) is 44.2 Å². The Morgan fingerprint density at radius 1 is 1.19 bits per heavy atom. The molecule has 8 nitrogen and oxygen atoms in total. The lowest BCUT2D eigenvalue weighted by Gasteiger charge is -2.39. The number of nitrogens with zero attached hydrogens (tertiary/aromatic N) is 3. The maximum Gasteiger partial charge on any atom is 0.241 e. The number of nitrogens with one attached hydrogen (secondary N) is 1. The van der Waals surface area contributed by atoms with Gasteiger partial charge in [-0.05, 0) is 76.2 Å². The predicted octanol–water partition coefficient (Wildman–Crippen LogP) is 5.03. The number of methoxy groups -OCH3 is 1. The Hall–Kier alpha value is -3.10. The van der Waals surface area contributed by atoms with Gasteiger partial charge >= 0.3 is 0 Å². The van der Waals surface area contributed by atoms with Crippen molar-refractivity contribution in [1.82, 2.24) is 20.4 Å². The van der Waals surface area contributed by atoms with Gasteiger partial charge in [-0.2, -0.15) is 4.98 Å². The highest BCUT2D eigenvalue weighted by atomic mass is 35.5. The van der Waals surface area contributed by atoms with E-state index in [1.54, 1.807) is 19.2 Å². The van der Waals surface area contributed by atoms with E-state index in [0.717, 1.165) is 48.6 Å². The first-order chi connectivity index (χ1) is 17.3. The van der Waals surface area contributed by atoms with Gasteiger partial charge in [-0.3, -0.25) is 9.69 Å². The van der Waals surface area contributed by atoms with Crippen LogP contribution in [0, 0.1) is 5.92 Å². The minimum atomic E-state index is -0.379. The third-order valence-electron chi connectivity index (χ3n) is 6.88. The lowest BCUT2D eigenvalue weighted by Crippen LogP contribution is -2.45. The molecule has 3 heterocycles. The fourth-order valence-corrected chi connectivity index (χ4v) is 5.08. The SMILES string of the molecule is COc1ccc2c(c1)OC(C)(C)CC2NC(=O)C1CCN(Cc2nc(-c3ccc(Cl)cc3)no2)CC1. The van der Waals surface area contributed by atoms with E-state index in [2.05, 4.69) is 20.4 Å². The first-order valence-corrected chi connectivity index (χ1v) is 12.7. The van der Waals surface area contributed by atoms with Crippen LogP contribution in [0.3, 0.4) is 0 Å². The van der Waals surface area contributed by atoms with Crippen molar-refractivity contribution in [2.24, 2.45) is 5.92 Å². The summed E-state index contributed by atoms with van der Waals surface area (Å²) in [6.45, 7) is 6.25. The largest absolute Gasteiger partial charge is 0.497 e. The topological polar surface area (TPSA) is 89.7 Å². The number of halogens is 1. The van der Waals surface area contributed by atoms with Crippen LogP contribution in [0.25, 0.3) is 11.4 Å². The Bertz CT molecular complexity index is 1220. The quantitative estimate of drug-likeness (QED) is 0.497. The van der Waals surface area contributed by atoms with Crippen LogP contribution >= 0.6 is 11.6 Å². The number of piperidine rings is 1. The summed E-state index contributed by atoms with van der Waals surface area (Å²) in [6, 6.07) is 13.0. The molecule has 1 fully saturated rings. The summed E-state index contributed by atoms with van der Waals surface area (Å²) in [5, 5.41) is 8.06. The fourth-order valence-electron chi connectivity index (χ4n) is 4.96. The molecule has 1 aromatic heterocycles. The Balaban J connectivity index is 1.16. The smallest absolute Gasteiger partial charge is 0.241 e. The number of rotatable bonds is 6. The van der Waals surface area contributed by atoms with Crippen LogP contribution in [0.15, 0.2) is 47.0 Å². The maximum atomic E-state index is 13.2. The van der Waals surface area contributed by atoms with Crippen LogP contribution in [0.1, 0.15) is 50.6 Å². The first-order valence-electron chi connectivity index (χ1n) is 12.3. The molecule has 0 radical (unpaired) electrons. The van der Waals surface area contributed by atoms with E-state index >= 15 is 0 Å². The van der Waals surface area contributed by atoms with Gasteiger partial charge in [0.1, 0.15) is 17.1 Å². The molecule has 1 saturated heterocycles. The molecule has 1 amide bonds. The fraction of sp³-hybridized carbons (Fsp3) is 0.444. The molecule has 5 rings (SSSR count). The van der Waals surface area contributed by atoms with Gasteiger partial charge in [0.15, 0.2) is 0 Å². The highest BCUT2D eigenvalue weighted by Gasteiger charge is 2.36. The molecular formula is C27H31ClN4O4. The number of hydrogen-bond acceptors (Lipinski definition) is 7. The Morgan fingerprint density at radius 3 is 2.67 bits per heavy atom. The van der Waals surface area contributed by atoms with Gasteiger partial charge in [0.2, 0.25) is 17.6 Å². The third kappa shape index (κ3) is 5.50. The molecule has 2 aromatic carbocycles. The molecule has 2 aliphatic heterocycles. The van der Waals surface area contributed by atoms with Gasteiger partial charge in [-0.1, -0.05) is 16.8 Å². The molecule has 1 atom stereocenters. The first kappa shape index (κ1) is 24.6. The Morgan fingerprint density at radius 2 is 1.94 bits per heavy atom. The molecule has 9 heteroatoms. The zero-order valence-corrected chi connectivity index (χ0v) is 21.5. The third-order valence-corrected chi connectivity index (χ3v) is 7.13. The molecule has 0 aliphatic carbocycles. The number of hydrogen-bond donors (Lipinski definition) is 1. The summed E-state index contributed by atoms with van der Waals surface area (Å²) in [4.78, 5) is 20.0. The molecule has 2 aliphatic rings. The van der Waals surface area contributed by atoms with Gasteiger partial charge in [-0.15, -0.1) is 0 Å². The number of aromatic nitrogens is 2. The van der Waals surface area contributed by atoms with Crippen molar-refractivity contribution in [2.45, 2.75) is 51.3 Å². The monoisotopic (exact) mass is 510 g/mol. The second-order valence-corrected chi connectivity index (χ2v) is 10.5. The van der Waals surface area contributed by atoms with Crippen LogP contribution < -0.4 is 14.8 Å². The van der Waals surface area contributed by atoms with Crippen LogP contribution in [-0.2, 0) is 11.3 Å². The molecule has 0 saturated carbocycles. The van der Waals surface area contributed by atoms with Crippen molar-refractivity contribution < 1.29 is 18.8 Å². The van der Waals surface area contributed by atoms with E-state index in [9.17, 15) is 4.79 Å². The molecule has 1 N–H and O–H groups in total. The van der Waals surface area contributed by atoms with Gasteiger partial charge in [0.05, 0.1) is 19.7 Å². The summed E-state index contributed by atoms with van der Waals surface area (Å²) >= 11 is 5.96.